The fourth-order valence-corrected chi connectivity index (χ4v) is 3.91. The van der Waals surface area contributed by atoms with Gasteiger partial charge in [-0.2, -0.15) is 0 Å². The van der Waals surface area contributed by atoms with Crippen LogP contribution in [-0.4, -0.2) is 28.5 Å². The van der Waals surface area contributed by atoms with Crippen molar-refractivity contribution in [2.45, 2.75) is 31.4 Å². The second-order valence-corrected chi connectivity index (χ2v) is 5.89. The summed E-state index contributed by atoms with van der Waals surface area (Å²) in [4.78, 5) is 0. The van der Waals surface area contributed by atoms with Crippen molar-refractivity contribution >= 4 is 10.9 Å². The topological polar surface area (TPSA) is 20.2 Å². The van der Waals surface area contributed by atoms with Crippen LogP contribution in [0, 0.1) is 0 Å². The molecule has 0 bridgehead atoms. The molecule has 2 heteroatoms. The van der Waals surface area contributed by atoms with Crippen molar-refractivity contribution in [1.29, 1.82) is 0 Å². The number of aliphatic hydroxyl groups excluding tert-OH is 1. The number of rotatable bonds is 4. The molecular formula is C10H19OS+. The van der Waals surface area contributed by atoms with Crippen LogP contribution in [0.4, 0.5) is 0 Å². The van der Waals surface area contributed by atoms with E-state index in [-0.39, 0.29) is 0 Å². The van der Waals surface area contributed by atoms with Crippen LogP contribution < -0.4 is 0 Å². The highest BCUT2D eigenvalue weighted by Gasteiger charge is 2.27. The van der Waals surface area contributed by atoms with Crippen molar-refractivity contribution < 1.29 is 5.11 Å². The zero-order valence-electron chi connectivity index (χ0n) is 7.83. The molecule has 2 unspecified atom stereocenters. The zero-order chi connectivity index (χ0) is 8.81. The highest BCUT2D eigenvalue weighted by molar-refractivity contribution is 7.97. The predicted molar refractivity (Wildman–Crippen MR) is 56.6 cm³/mol. The molecule has 0 spiro atoms. The molecule has 2 atom stereocenters. The third-order valence-corrected chi connectivity index (χ3v) is 5.24. The molecule has 0 heterocycles. The van der Waals surface area contributed by atoms with Crippen molar-refractivity contribution in [3.63, 3.8) is 0 Å². The molecule has 0 aliphatic heterocycles. The van der Waals surface area contributed by atoms with E-state index in [1.165, 1.54) is 25.0 Å². The molecule has 1 nitrogen and oxygen atoms in total. The predicted octanol–water partition coefficient (Wildman–Crippen LogP) is 1.73. The zero-order valence-corrected chi connectivity index (χ0v) is 8.65. The van der Waals surface area contributed by atoms with Gasteiger partial charge in [-0.1, -0.05) is 12.2 Å². The molecule has 0 aromatic carbocycles. The molecule has 0 saturated carbocycles. The van der Waals surface area contributed by atoms with Crippen LogP contribution in [-0.2, 0) is 10.9 Å². The molecule has 0 fully saturated rings. The highest BCUT2D eigenvalue weighted by atomic mass is 32.2. The smallest absolute Gasteiger partial charge is 0.131 e. The second-order valence-electron chi connectivity index (χ2n) is 3.16. The van der Waals surface area contributed by atoms with Gasteiger partial charge >= 0.3 is 0 Å². The molecule has 12 heavy (non-hydrogen) atoms. The summed E-state index contributed by atoms with van der Waals surface area (Å²) >= 11 is 0. The van der Waals surface area contributed by atoms with E-state index in [1.807, 2.05) is 0 Å². The van der Waals surface area contributed by atoms with E-state index in [0.717, 1.165) is 11.0 Å². The summed E-state index contributed by atoms with van der Waals surface area (Å²) in [6.07, 6.45) is 8.43. The van der Waals surface area contributed by atoms with Gasteiger partial charge in [-0.25, -0.2) is 0 Å². The van der Waals surface area contributed by atoms with Crippen LogP contribution in [0.25, 0.3) is 0 Å². The van der Waals surface area contributed by atoms with E-state index in [0.29, 0.717) is 17.5 Å². The number of hydrogen-bond acceptors (Lipinski definition) is 1. The largest absolute Gasteiger partial charge is 0.391 e. The van der Waals surface area contributed by atoms with Crippen molar-refractivity contribution in [3.05, 3.63) is 12.2 Å². The first-order valence-corrected chi connectivity index (χ1v) is 6.43. The van der Waals surface area contributed by atoms with Crippen LogP contribution in [0.2, 0.25) is 0 Å². The van der Waals surface area contributed by atoms with Gasteiger partial charge in [-0.15, -0.1) is 0 Å². The van der Waals surface area contributed by atoms with Crippen molar-refractivity contribution in [2.24, 2.45) is 0 Å². The summed E-state index contributed by atoms with van der Waals surface area (Å²) in [7, 11) is 0.481. The van der Waals surface area contributed by atoms with Crippen LogP contribution in [0.1, 0.15) is 26.2 Å². The van der Waals surface area contributed by atoms with Gasteiger partial charge in [0.1, 0.15) is 16.8 Å². The number of aliphatic hydroxyl groups is 1. The van der Waals surface area contributed by atoms with E-state index in [1.54, 1.807) is 0 Å². The fourth-order valence-electron chi connectivity index (χ4n) is 1.73. The van der Waals surface area contributed by atoms with E-state index in [2.05, 4.69) is 19.1 Å². The van der Waals surface area contributed by atoms with Crippen LogP contribution in [0.3, 0.4) is 0 Å². The SMILES string of the molecule is CC[S+](CCO)C1CC=CCC1. The third-order valence-electron chi connectivity index (χ3n) is 2.42. The summed E-state index contributed by atoms with van der Waals surface area (Å²) < 4.78 is 0. The Morgan fingerprint density at radius 3 is 2.83 bits per heavy atom. The van der Waals surface area contributed by atoms with Gasteiger partial charge in [-0.3, -0.25) is 0 Å². The molecule has 0 saturated heterocycles. The van der Waals surface area contributed by atoms with Crippen LogP contribution >= 0.6 is 0 Å². The first kappa shape index (κ1) is 10.1. The molecule has 0 aromatic rings. The van der Waals surface area contributed by atoms with E-state index < -0.39 is 0 Å². The fraction of sp³-hybridized carbons (Fsp3) is 0.800. The van der Waals surface area contributed by atoms with E-state index >= 15 is 0 Å². The Kier molecular flexibility index (Phi) is 4.77. The maximum atomic E-state index is 8.89. The Balaban J connectivity index is 2.36. The molecule has 1 aliphatic rings. The van der Waals surface area contributed by atoms with Gasteiger partial charge < -0.3 is 5.11 Å². The molecular weight excluding hydrogens is 168 g/mol. The molecule has 70 valence electrons. The lowest BCUT2D eigenvalue weighted by molar-refractivity contribution is 0.321. The summed E-state index contributed by atoms with van der Waals surface area (Å²) in [6.45, 7) is 2.62. The van der Waals surface area contributed by atoms with Gasteiger partial charge in [0.25, 0.3) is 0 Å². The number of hydrogen-bond donors (Lipinski definition) is 1. The van der Waals surface area contributed by atoms with Crippen molar-refractivity contribution in [3.8, 4) is 0 Å². The molecule has 1 rings (SSSR count). The molecule has 1 N–H and O–H groups in total. The maximum Gasteiger partial charge on any atom is 0.131 e. The third kappa shape index (κ3) is 2.83. The molecule has 0 aromatic heterocycles. The normalized spacial score (nSPS) is 25.7. The lowest BCUT2D eigenvalue weighted by Gasteiger charge is -2.18. The van der Waals surface area contributed by atoms with E-state index in [9.17, 15) is 0 Å². The summed E-state index contributed by atoms with van der Waals surface area (Å²) in [6, 6.07) is 0. The Bertz CT molecular complexity index is 145. The Morgan fingerprint density at radius 2 is 2.33 bits per heavy atom. The minimum absolute atomic E-state index is 0.372. The van der Waals surface area contributed by atoms with Gasteiger partial charge in [-0.05, 0) is 30.7 Å². The van der Waals surface area contributed by atoms with Crippen LogP contribution in [0.15, 0.2) is 12.2 Å². The van der Waals surface area contributed by atoms with Crippen molar-refractivity contribution in [2.75, 3.05) is 18.1 Å². The average molecular weight is 187 g/mol. The highest BCUT2D eigenvalue weighted by Crippen LogP contribution is 2.21. The quantitative estimate of drug-likeness (QED) is 0.525. The molecule has 1 aliphatic carbocycles. The first-order chi connectivity index (χ1) is 5.88. The Labute approximate surface area is 78.2 Å². The second kappa shape index (κ2) is 5.65. The summed E-state index contributed by atoms with van der Waals surface area (Å²) in [5, 5.41) is 9.76. The standard InChI is InChI=1S/C10H19OS/c1-2-12(9-8-11)10-6-4-3-5-7-10/h3-4,10-11H,2,5-9H2,1H3/q+1. The van der Waals surface area contributed by atoms with Gasteiger partial charge in [0.05, 0.1) is 6.61 Å². The lowest BCUT2D eigenvalue weighted by Crippen LogP contribution is -2.28. The Hall–Kier alpha value is 0.0500. The monoisotopic (exact) mass is 187 g/mol. The minimum atomic E-state index is 0.372. The van der Waals surface area contributed by atoms with Crippen molar-refractivity contribution in [1.82, 2.24) is 0 Å². The molecule has 0 amide bonds. The number of allylic oxidation sites excluding steroid dienone is 2. The van der Waals surface area contributed by atoms with E-state index in [4.69, 9.17) is 5.11 Å². The average Bonchev–Trinajstić information content (AvgIpc) is 2.15. The van der Waals surface area contributed by atoms with Gasteiger partial charge in [0.15, 0.2) is 0 Å². The van der Waals surface area contributed by atoms with Gasteiger partial charge in [0.2, 0.25) is 0 Å². The van der Waals surface area contributed by atoms with Crippen LogP contribution in [0.5, 0.6) is 0 Å². The summed E-state index contributed by atoms with van der Waals surface area (Å²) in [5.41, 5.74) is 0. The minimum Gasteiger partial charge on any atom is -0.391 e. The maximum absolute atomic E-state index is 8.89. The first-order valence-electron chi connectivity index (χ1n) is 4.80. The van der Waals surface area contributed by atoms with Gasteiger partial charge in [0, 0.05) is 6.42 Å². The lowest BCUT2D eigenvalue weighted by atomic mass is 10.1. The molecule has 0 radical (unpaired) electrons. The Morgan fingerprint density at radius 1 is 1.50 bits per heavy atom. The summed E-state index contributed by atoms with van der Waals surface area (Å²) in [5.74, 6) is 2.27.